The lowest BCUT2D eigenvalue weighted by molar-refractivity contribution is 0.909. The number of aryl methyl sites for hydroxylation is 1. The zero-order valence-electron chi connectivity index (χ0n) is 33.6. The molecule has 0 aliphatic rings. The Bertz CT molecular complexity index is 2980. The number of imidazole rings is 1. The molecule has 0 N–H and O–H groups in total. The van der Waals surface area contributed by atoms with Crippen LogP contribution < -0.4 is 43.7 Å². The largest absolute Gasteiger partial charge is 0.296 e. The smallest absolute Gasteiger partial charge is 0.139 e. The molecule has 0 radical (unpaired) electrons. The third-order valence-electron chi connectivity index (χ3n) is 13.0. The number of hydrogen-bond donors (Lipinski definition) is 0. The molecule has 0 saturated carbocycles. The molecule has 0 saturated heterocycles. The second-order valence-corrected chi connectivity index (χ2v) is 15.6. The molecule has 9 aromatic rings. The molecule has 0 fully saturated rings. The minimum Gasteiger partial charge on any atom is -0.296 e. The minimum atomic E-state index is 0.869. The molecule has 8 aromatic carbocycles. The van der Waals surface area contributed by atoms with Gasteiger partial charge in [0.25, 0.3) is 0 Å². The molecule has 0 aliphatic carbocycles. The van der Waals surface area contributed by atoms with Gasteiger partial charge in [0.2, 0.25) is 0 Å². The van der Waals surface area contributed by atoms with Gasteiger partial charge in [0.1, 0.15) is 68.6 Å². The highest BCUT2D eigenvalue weighted by atomic mass is 15.1. The number of para-hydroxylation sites is 2. The number of benzene rings is 8. The van der Waals surface area contributed by atoms with Crippen molar-refractivity contribution in [2.45, 2.75) is 13.3 Å². The minimum absolute atomic E-state index is 0.869. The Hall–Kier alpha value is -5.47. The van der Waals surface area contributed by atoms with Crippen LogP contribution in [0.4, 0.5) is 0 Å². The van der Waals surface area contributed by atoms with Gasteiger partial charge >= 0.3 is 0 Å². The van der Waals surface area contributed by atoms with E-state index in [0.29, 0.717) is 0 Å². The summed E-state index contributed by atoms with van der Waals surface area (Å²) >= 11 is 0. The van der Waals surface area contributed by atoms with Gasteiger partial charge in [0.15, 0.2) is 0 Å². The molecule has 0 aliphatic heterocycles. The summed E-state index contributed by atoms with van der Waals surface area (Å²) in [6.45, 7) is 2.19. The van der Waals surface area contributed by atoms with Crippen molar-refractivity contribution in [3.8, 4) is 39.1 Å². The van der Waals surface area contributed by atoms with Crippen molar-refractivity contribution in [1.82, 2.24) is 9.55 Å². The lowest BCUT2D eigenvalue weighted by Crippen LogP contribution is -2.50. The van der Waals surface area contributed by atoms with E-state index < -0.39 is 0 Å². The zero-order valence-corrected chi connectivity index (χ0v) is 33.6. The van der Waals surface area contributed by atoms with Gasteiger partial charge in [-0.3, -0.25) is 4.57 Å². The second kappa shape index (κ2) is 13.4. The molecular formula is C45H40B8N2. The molecule has 2 nitrogen and oxygen atoms in total. The van der Waals surface area contributed by atoms with Crippen molar-refractivity contribution in [2.75, 3.05) is 0 Å². The van der Waals surface area contributed by atoms with Gasteiger partial charge in [-0.25, -0.2) is 4.98 Å². The van der Waals surface area contributed by atoms with Crippen LogP contribution in [0.3, 0.4) is 0 Å². The van der Waals surface area contributed by atoms with Gasteiger partial charge in [0, 0.05) is 12.1 Å². The van der Waals surface area contributed by atoms with Gasteiger partial charge in [0.05, 0.1) is 11.0 Å². The fraction of sp³-hybridized carbons (Fsp3) is 0.0444. The van der Waals surface area contributed by atoms with Crippen LogP contribution in [0.15, 0.2) is 115 Å². The Morgan fingerprint density at radius 2 is 0.927 bits per heavy atom. The summed E-state index contributed by atoms with van der Waals surface area (Å²) < 4.78 is 2.32. The SMILES string of the molecule is Bc1c(B)c(B)c2c(-c3ccc4cc(-n5c(CC)nc6ccccc65)ccc4c3)c3c(B)c(B)c(B)c(B)c3c(-c3cccc(-c4ccccc4)c3)c2c1B. The zero-order chi connectivity index (χ0) is 38.3. The molecule has 0 atom stereocenters. The van der Waals surface area contributed by atoms with E-state index in [-0.39, 0.29) is 0 Å². The quantitative estimate of drug-likeness (QED) is 0.153. The molecule has 55 heavy (non-hydrogen) atoms. The monoisotopic (exact) mass is 696 g/mol. The van der Waals surface area contributed by atoms with E-state index in [1.54, 1.807) is 0 Å². The first kappa shape index (κ1) is 35.2. The summed E-state index contributed by atoms with van der Waals surface area (Å²) in [6, 6.07) is 42.5. The molecule has 0 spiro atoms. The van der Waals surface area contributed by atoms with Gasteiger partial charge in [-0.15, -0.1) is 21.9 Å². The predicted molar refractivity (Wildman–Crippen MR) is 265 cm³/mol. The lowest BCUT2D eigenvalue weighted by atomic mass is 9.59. The van der Waals surface area contributed by atoms with E-state index >= 15 is 0 Å². The summed E-state index contributed by atoms with van der Waals surface area (Å²) in [7, 11) is 18.6. The van der Waals surface area contributed by atoms with E-state index in [1.165, 1.54) is 109 Å². The highest BCUT2D eigenvalue weighted by Gasteiger charge is 2.25. The van der Waals surface area contributed by atoms with Crippen LogP contribution in [-0.4, -0.2) is 72.3 Å². The standard InChI is InChI=1S/C45H40B8N2/c1-2-31-54-29-13-6-7-14-30(29)55(31)28-18-17-24-20-27(16-15-25(24)21-28)33-36-34(38(46)42(50)44(52)40(36)48)32(35-37(33)41(49)45(53)43(51)39(35)47)26-12-8-11-23(19-26)22-9-4-3-5-10-22/h3-21H,2,46-53H2,1H3. The molecule has 10 heteroatoms. The van der Waals surface area contributed by atoms with Crippen molar-refractivity contribution in [3.05, 3.63) is 121 Å². The van der Waals surface area contributed by atoms with Crippen LogP contribution in [0.1, 0.15) is 12.7 Å². The average Bonchev–Trinajstić information content (AvgIpc) is 3.61. The molecular weight excluding hydrogens is 655 g/mol. The maximum atomic E-state index is 4.97. The van der Waals surface area contributed by atoms with Gasteiger partial charge in [-0.05, 0) is 102 Å². The van der Waals surface area contributed by atoms with Crippen LogP contribution >= 0.6 is 0 Å². The van der Waals surface area contributed by atoms with Crippen molar-refractivity contribution >= 4 is 150 Å². The average molecular weight is 695 g/mol. The highest BCUT2D eigenvalue weighted by molar-refractivity contribution is 6.71. The first-order valence-corrected chi connectivity index (χ1v) is 19.7. The second-order valence-electron chi connectivity index (χ2n) is 15.6. The maximum absolute atomic E-state index is 4.97. The summed E-state index contributed by atoms with van der Waals surface area (Å²) in [4.78, 5) is 4.97. The lowest BCUT2D eigenvalue weighted by Gasteiger charge is -2.28. The molecule has 0 unspecified atom stereocenters. The van der Waals surface area contributed by atoms with Gasteiger partial charge in [-0.1, -0.05) is 108 Å². The topological polar surface area (TPSA) is 17.8 Å². The number of hydrogen-bond acceptors (Lipinski definition) is 1. The Labute approximate surface area is 331 Å². The van der Waals surface area contributed by atoms with Crippen LogP contribution in [-0.2, 0) is 6.42 Å². The van der Waals surface area contributed by atoms with E-state index in [9.17, 15) is 0 Å². The van der Waals surface area contributed by atoms with E-state index in [1.807, 2.05) is 0 Å². The molecule has 1 heterocycles. The Balaban J connectivity index is 1.38. The molecule has 0 amide bonds. The van der Waals surface area contributed by atoms with Crippen molar-refractivity contribution in [2.24, 2.45) is 0 Å². The van der Waals surface area contributed by atoms with Crippen LogP contribution in [0.5, 0.6) is 0 Å². The fourth-order valence-electron chi connectivity index (χ4n) is 9.32. The van der Waals surface area contributed by atoms with Crippen molar-refractivity contribution < 1.29 is 0 Å². The number of rotatable bonds is 5. The molecule has 1 aromatic heterocycles. The van der Waals surface area contributed by atoms with Crippen LogP contribution in [0.2, 0.25) is 0 Å². The van der Waals surface area contributed by atoms with Crippen LogP contribution in [0.25, 0.3) is 82.4 Å². The maximum Gasteiger partial charge on any atom is 0.139 e. The molecule has 9 rings (SSSR count). The third-order valence-corrected chi connectivity index (χ3v) is 13.0. The third kappa shape index (κ3) is 5.40. The van der Waals surface area contributed by atoms with Crippen molar-refractivity contribution in [3.63, 3.8) is 0 Å². The van der Waals surface area contributed by atoms with Gasteiger partial charge in [-0.2, -0.15) is 0 Å². The first-order valence-electron chi connectivity index (χ1n) is 19.7. The number of fused-ring (bicyclic) bond motifs is 4. The van der Waals surface area contributed by atoms with E-state index in [0.717, 1.165) is 29.0 Å². The fourth-order valence-corrected chi connectivity index (χ4v) is 9.32. The van der Waals surface area contributed by atoms with E-state index in [4.69, 9.17) is 4.98 Å². The predicted octanol–water partition coefficient (Wildman–Crippen LogP) is -1.88. The van der Waals surface area contributed by atoms with Gasteiger partial charge < -0.3 is 0 Å². The summed E-state index contributed by atoms with van der Waals surface area (Å²) in [6.07, 6.45) is 0.869. The van der Waals surface area contributed by atoms with E-state index in [2.05, 4.69) is 190 Å². The Morgan fingerprint density at radius 3 is 1.53 bits per heavy atom. The Morgan fingerprint density at radius 1 is 0.436 bits per heavy atom. The summed E-state index contributed by atoms with van der Waals surface area (Å²) in [5.74, 6) is 1.08. The molecule has 254 valence electrons. The van der Waals surface area contributed by atoms with Crippen molar-refractivity contribution in [1.29, 1.82) is 0 Å². The Kier molecular flexibility index (Phi) is 8.57. The number of nitrogens with zero attached hydrogens (tertiary/aromatic N) is 2. The first-order chi connectivity index (χ1) is 26.6. The summed E-state index contributed by atoms with van der Waals surface area (Å²) in [5, 5.41) is 7.94. The highest BCUT2D eigenvalue weighted by Crippen LogP contribution is 2.42. The van der Waals surface area contributed by atoms with Crippen LogP contribution in [0, 0.1) is 0 Å². The number of aromatic nitrogens is 2. The summed E-state index contributed by atoms with van der Waals surface area (Å²) in [5.41, 5.74) is 22.0. The normalized spacial score (nSPS) is 11.7. The molecule has 0 bridgehead atoms.